The van der Waals surface area contributed by atoms with Crippen molar-refractivity contribution in [3.05, 3.63) is 53.1 Å². The first-order valence-corrected chi connectivity index (χ1v) is 9.45. The van der Waals surface area contributed by atoms with Crippen molar-refractivity contribution in [2.75, 3.05) is 16.8 Å². The fraction of sp³-hybridized carbons (Fsp3) is 0.286. The van der Waals surface area contributed by atoms with Gasteiger partial charge in [-0.25, -0.2) is 0 Å². The number of nitrogens with one attached hydrogen (secondary N) is 1. The minimum Gasteiger partial charge on any atom is -0.324 e. The highest BCUT2D eigenvalue weighted by molar-refractivity contribution is 6.31. The van der Waals surface area contributed by atoms with Crippen LogP contribution in [-0.2, 0) is 9.59 Å². The average molecular weight is 382 g/mol. The summed E-state index contributed by atoms with van der Waals surface area (Å²) in [5, 5.41) is 3.47. The maximum atomic E-state index is 13.1. The van der Waals surface area contributed by atoms with Gasteiger partial charge in [-0.1, -0.05) is 29.8 Å². The second kappa shape index (κ2) is 7.16. The SMILES string of the molecule is Cc1c(Cl)cccc1NC(=O)CN1C(=O)[C@@H]2CCCC2=Nc2ccccc21. The first-order valence-electron chi connectivity index (χ1n) is 9.07. The van der Waals surface area contributed by atoms with Crippen LogP contribution in [-0.4, -0.2) is 24.1 Å². The number of halogens is 1. The van der Waals surface area contributed by atoms with Gasteiger partial charge in [-0.05, 0) is 56.0 Å². The number of amides is 2. The van der Waals surface area contributed by atoms with Gasteiger partial charge in [-0.3, -0.25) is 14.6 Å². The van der Waals surface area contributed by atoms with Crippen LogP contribution in [0.25, 0.3) is 0 Å². The van der Waals surface area contributed by atoms with Crippen molar-refractivity contribution < 1.29 is 9.59 Å². The second-order valence-corrected chi connectivity index (χ2v) is 7.33. The lowest BCUT2D eigenvalue weighted by Crippen LogP contribution is -2.41. The summed E-state index contributed by atoms with van der Waals surface area (Å²) in [5.41, 5.74) is 3.82. The fourth-order valence-electron chi connectivity index (χ4n) is 3.72. The Morgan fingerprint density at radius 1 is 1.26 bits per heavy atom. The summed E-state index contributed by atoms with van der Waals surface area (Å²) in [6.07, 6.45) is 2.59. The molecule has 0 saturated heterocycles. The number of rotatable bonds is 3. The van der Waals surface area contributed by atoms with Gasteiger partial charge in [-0.2, -0.15) is 0 Å². The number of aliphatic imine (C=N–C) groups is 1. The standard InChI is InChI=1S/C21H20ClN3O2/c1-13-15(22)7-5-9-16(13)24-20(26)12-25-19-11-3-2-8-18(19)23-17-10-4-6-14(17)21(25)27/h2-3,5,7-9,11,14H,4,6,10,12H2,1H3,(H,24,26)/t14-/m1/s1. The molecule has 138 valence electrons. The van der Waals surface area contributed by atoms with Gasteiger partial charge in [0.05, 0.1) is 17.3 Å². The molecule has 0 radical (unpaired) electrons. The fourth-order valence-corrected chi connectivity index (χ4v) is 3.89. The van der Waals surface area contributed by atoms with E-state index in [4.69, 9.17) is 16.6 Å². The van der Waals surface area contributed by atoms with Gasteiger partial charge in [-0.15, -0.1) is 0 Å². The van der Waals surface area contributed by atoms with Gasteiger partial charge in [0.2, 0.25) is 11.8 Å². The Bertz CT molecular complexity index is 954. The van der Waals surface area contributed by atoms with Crippen molar-refractivity contribution in [1.29, 1.82) is 0 Å². The first kappa shape index (κ1) is 17.7. The molecule has 1 fully saturated rings. The molecule has 2 aromatic rings. The predicted molar refractivity (Wildman–Crippen MR) is 108 cm³/mol. The van der Waals surface area contributed by atoms with E-state index < -0.39 is 0 Å². The molecule has 1 atom stereocenters. The van der Waals surface area contributed by atoms with Crippen molar-refractivity contribution in [2.24, 2.45) is 10.9 Å². The average Bonchev–Trinajstić information content (AvgIpc) is 3.08. The van der Waals surface area contributed by atoms with Crippen LogP contribution in [0.2, 0.25) is 5.02 Å². The highest BCUT2D eigenvalue weighted by Crippen LogP contribution is 2.37. The summed E-state index contributed by atoms with van der Waals surface area (Å²) < 4.78 is 0. The molecule has 27 heavy (non-hydrogen) atoms. The van der Waals surface area contributed by atoms with E-state index in [1.165, 1.54) is 0 Å². The number of para-hydroxylation sites is 2. The third kappa shape index (κ3) is 3.35. The van der Waals surface area contributed by atoms with E-state index in [1.54, 1.807) is 23.1 Å². The first-order chi connectivity index (χ1) is 13.0. The quantitative estimate of drug-likeness (QED) is 0.850. The van der Waals surface area contributed by atoms with Crippen molar-refractivity contribution in [1.82, 2.24) is 0 Å². The Balaban J connectivity index is 1.62. The number of fused-ring (bicyclic) bond motifs is 2. The molecular formula is C21H20ClN3O2. The predicted octanol–water partition coefficient (Wildman–Crippen LogP) is 4.51. The summed E-state index contributed by atoms with van der Waals surface area (Å²) in [6.45, 7) is 1.80. The Kier molecular flexibility index (Phi) is 4.70. The summed E-state index contributed by atoms with van der Waals surface area (Å²) in [6, 6.07) is 12.9. The van der Waals surface area contributed by atoms with Gasteiger partial charge in [0.25, 0.3) is 0 Å². The molecule has 5 nitrogen and oxygen atoms in total. The Hall–Kier alpha value is -2.66. The van der Waals surface area contributed by atoms with Crippen LogP contribution in [0, 0.1) is 12.8 Å². The van der Waals surface area contributed by atoms with Crippen LogP contribution < -0.4 is 10.2 Å². The second-order valence-electron chi connectivity index (χ2n) is 6.92. The lowest BCUT2D eigenvalue weighted by molar-refractivity contribution is -0.122. The summed E-state index contributed by atoms with van der Waals surface area (Å²) >= 11 is 6.13. The third-order valence-corrected chi connectivity index (χ3v) is 5.58. The van der Waals surface area contributed by atoms with Crippen LogP contribution in [0.3, 0.4) is 0 Å². The number of benzene rings is 2. The molecule has 1 aliphatic heterocycles. The molecule has 2 aromatic carbocycles. The van der Waals surface area contributed by atoms with Crippen LogP contribution in [0.15, 0.2) is 47.5 Å². The normalized spacial score (nSPS) is 18.4. The molecule has 0 unspecified atom stereocenters. The molecule has 1 saturated carbocycles. The van der Waals surface area contributed by atoms with Crippen LogP contribution in [0.4, 0.5) is 17.1 Å². The number of hydrogen-bond acceptors (Lipinski definition) is 3. The van der Waals surface area contributed by atoms with Crippen LogP contribution >= 0.6 is 11.6 Å². The topological polar surface area (TPSA) is 61.8 Å². The van der Waals surface area contributed by atoms with Crippen LogP contribution in [0.1, 0.15) is 24.8 Å². The van der Waals surface area contributed by atoms with Gasteiger partial charge in [0.1, 0.15) is 6.54 Å². The maximum absolute atomic E-state index is 13.1. The van der Waals surface area contributed by atoms with E-state index in [-0.39, 0.29) is 24.3 Å². The molecule has 1 heterocycles. The zero-order valence-corrected chi connectivity index (χ0v) is 15.8. The van der Waals surface area contributed by atoms with E-state index in [9.17, 15) is 9.59 Å². The molecule has 2 amide bonds. The summed E-state index contributed by atoms with van der Waals surface area (Å²) in [4.78, 5) is 32.2. The molecule has 0 bridgehead atoms. The zero-order chi connectivity index (χ0) is 19.0. The van der Waals surface area contributed by atoms with Crippen molar-refractivity contribution in [2.45, 2.75) is 26.2 Å². The third-order valence-electron chi connectivity index (χ3n) is 5.17. The van der Waals surface area contributed by atoms with Gasteiger partial charge in [0, 0.05) is 16.4 Å². The molecule has 1 N–H and O–H groups in total. The molecule has 0 aromatic heterocycles. The zero-order valence-electron chi connectivity index (χ0n) is 15.0. The van der Waals surface area contributed by atoms with E-state index >= 15 is 0 Å². The smallest absolute Gasteiger partial charge is 0.244 e. The molecule has 1 aliphatic carbocycles. The van der Waals surface area contributed by atoms with Gasteiger partial charge >= 0.3 is 0 Å². The number of anilines is 2. The number of hydrogen-bond donors (Lipinski definition) is 1. The van der Waals surface area contributed by atoms with Gasteiger partial charge in [0.15, 0.2) is 0 Å². The van der Waals surface area contributed by atoms with Crippen LogP contribution in [0.5, 0.6) is 0 Å². The molecule has 6 heteroatoms. The summed E-state index contributed by atoms with van der Waals surface area (Å²) in [7, 11) is 0. The lowest BCUT2D eigenvalue weighted by Gasteiger charge is -2.24. The largest absolute Gasteiger partial charge is 0.324 e. The number of carbonyl (C=O) groups excluding carboxylic acids is 2. The van der Waals surface area contributed by atoms with E-state index in [0.29, 0.717) is 16.4 Å². The molecule has 0 spiro atoms. The van der Waals surface area contributed by atoms with Crippen molar-refractivity contribution >= 4 is 46.2 Å². The minimum absolute atomic E-state index is 0.0471. The highest BCUT2D eigenvalue weighted by Gasteiger charge is 2.37. The van der Waals surface area contributed by atoms with E-state index in [0.717, 1.165) is 36.2 Å². The maximum Gasteiger partial charge on any atom is 0.244 e. The molecular weight excluding hydrogens is 362 g/mol. The van der Waals surface area contributed by atoms with E-state index in [1.807, 2.05) is 31.2 Å². The van der Waals surface area contributed by atoms with Crippen molar-refractivity contribution in [3.63, 3.8) is 0 Å². The number of nitrogens with zero attached hydrogens (tertiary/aromatic N) is 2. The molecule has 4 rings (SSSR count). The van der Waals surface area contributed by atoms with Crippen molar-refractivity contribution in [3.8, 4) is 0 Å². The monoisotopic (exact) mass is 381 g/mol. The Morgan fingerprint density at radius 3 is 2.93 bits per heavy atom. The summed E-state index contributed by atoms with van der Waals surface area (Å²) in [5.74, 6) is -0.530. The van der Waals surface area contributed by atoms with E-state index in [2.05, 4.69) is 5.32 Å². The molecule has 2 aliphatic rings. The highest BCUT2D eigenvalue weighted by atomic mass is 35.5. The Labute approximate surface area is 163 Å². The minimum atomic E-state index is -0.259. The van der Waals surface area contributed by atoms with Gasteiger partial charge < -0.3 is 10.2 Å². The Morgan fingerprint density at radius 2 is 2.07 bits per heavy atom. The lowest BCUT2D eigenvalue weighted by atomic mass is 10.1. The number of carbonyl (C=O) groups is 2.